The molecule has 0 spiro atoms. The molecule has 0 bridgehead atoms. The van der Waals surface area contributed by atoms with Gasteiger partial charge in [-0.15, -0.1) is 0 Å². The maximum absolute atomic E-state index is 11.1. The van der Waals surface area contributed by atoms with Crippen LogP contribution in [0.25, 0.3) is 0 Å². The molecule has 6 heteroatoms. The van der Waals surface area contributed by atoms with Gasteiger partial charge in [0.15, 0.2) is 9.84 Å². The van der Waals surface area contributed by atoms with Crippen LogP contribution in [-0.4, -0.2) is 19.8 Å². The van der Waals surface area contributed by atoms with Crippen molar-refractivity contribution < 1.29 is 13.5 Å². The Morgan fingerprint density at radius 2 is 1.62 bits per heavy atom. The van der Waals surface area contributed by atoms with E-state index >= 15 is 0 Å². The van der Waals surface area contributed by atoms with Gasteiger partial charge in [0.2, 0.25) is 0 Å². The van der Waals surface area contributed by atoms with Crippen molar-refractivity contribution in [1.29, 1.82) is 0 Å². The predicted molar refractivity (Wildman–Crippen MR) is 56.6 cm³/mol. The number of phenols is 1. The molecule has 0 saturated carbocycles. The first-order valence-electron chi connectivity index (χ1n) is 3.20. The highest BCUT2D eigenvalue weighted by Crippen LogP contribution is 2.34. The second-order valence-electron chi connectivity index (χ2n) is 2.51. The lowest BCUT2D eigenvalue weighted by Crippen LogP contribution is -1.96. The van der Waals surface area contributed by atoms with E-state index in [0.29, 0.717) is 8.95 Å². The zero-order chi connectivity index (χ0) is 10.2. The van der Waals surface area contributed by atoms with Crippen LogP contribution in [0.2, 0.25) is 0 Å². The summed E-state index contributed by atoms with van der Waals surface area (Å²) in [5.74, 6) is -0.00704. The van der Waals surface area contributed by atoms with E-state index in [4.69, 9.17) is 0 Å². The molecule has 0 aliphatic carbocycles. The SMILES string of the molecule is CS(=O)(=O)c1cc(Br)c(O)c(Br)c1. The number of hydrogen-bond donors (Lipinski definition) is 1. The fourth-order valence-electron chi connectivity index (χ4n) is 0.756. The van der Waals surface area contributed by atoms with E-state index in [2.05, 4.69) is 31.9 Å². The molecule has 0 aromatic heterocycles. The van der Waals surface area contributed by atoms with Crippen LogP contribution in [0.1, 0.15) is 0 Å². The van der Waals surface area contributed by atoms with Gasteiger partial charge in [-0.1, -0.05) is 0 Å². The maximum atomic E-state index is 11.1. The average molecular weight is 330 g/mol. The molecule has 3 nitrogen and oxygen atoms in total. The highest BCUT2D eigenvalue weighted by atomic mass is 79.9. The van der Waals surface area contributed by atoms with Gasteiger partial charge in [-0.2, -0.15) is 0 Å². The lowest BCUT2D eigenvalue weighted by Gasteiger charge is -2.03. The van der Waals surface area contributed by atoms with Gasteiger partial charge in [0.05, 0.1) is 13.8 Å². The zero-order valence-electron chi connectivity index (χ0n) is 6.58. The van der Waals surface area contributed by atoms with E-state index in [1.807, 2.05) is 0 Å². The predicted octanol–water partition coefficient (Wildman–Crippen LogP) is 2.32. The van der Waals surface area contributed by atoms with E-state index in [1.165, 1.54) is 12.1 Å². The Morgan fingerprint density at radius 1 is 1.23 bits per heavy atom. The number of halogens is 2. The summed E-state index contributed by atoms with van der Waals surface area (Å²) in [6, 6.07) is 2.71. The van der Waals surface area contributed by atoms with E-state index < -0.39 is 9.84 Å². The number of rotatable bonds is 1. The van der Waals surface area contributed by atoms with Crippen molar-refractivity contribution in [2.45, 2.75) is 4.90 Å². The minimum absolute atomic E-state index is 0.00704. The summed E-state index contributed by atoms with van der Waals surface area (Å²) in [5.41, 5.74) is 0. The summed E-state index contributed by atoms with van der Waals surface area (Å²) in [6.45, 7) is 0. The first kappa shape index (κ1) is 11.0. The summed E-state index contributed by atoms with van der Waals surface area (Å²) in [6.07, 6.45) is 1.11. The van der Waals surface area contributed by atoms with E-state index in [1.54, 1.807) is 0 Å². The molecule has 13 heavy (non-hydrogen) atoms. The molecule has 0 saturated heterocycles. The Labute approximate surface area is 93.0 Å². The van der Waals surface area contributed by atoms with Crippen molar-refractivity contribution in [3.8, 4) is 5.75 Å². The van der Waals surface area contributed by atoms with Gasteiger partial charge >= 0.3 is 0 Å². The second kappa shape index (κ2) is 3.59. The molecule has 1 N–H and O–H groups in total. The molecular formula is C7H6Br2O3S. The summed E-state index contributed by atoms with van der Waals surface area (Å²) < 4.78 is 22.9. The van der Waals surface area contributed by atoms with Gasteiger partial charge in [-0.05, 0) is 44.0 Å². The van der Waals surface area contributed by atoms with Crippen molar-refractivity contribution >= 4 is 41.7 Å². The van der Waals surface area contributed by atoms with Crippen molar-refractivity contribution in [1.82, 2.24) is 0 Å². The lowest BCUT2D eigenvalue weighted by molar-refractivity contribution is 0.468. The molecule has 0 atom stereocenters. The van der Waals surface area contributed by atoms with Gasteiger partial charge in [-0.3, -0.25) is 0 Å². The minimum Gasteiger partial charge on any atom is -0.506 e. The molecule has 72 valence electrons. The molecule has 0 unspecified atom stereocenters. The number of aromatic hydroxyl groups is 1. The van der Waals surface area contributed by atoms with Gasteiger partial charge < -0.3 is 5.11 Å². The first-order valence-corrected chi connectivity index (χ1v) is 6.68. The Kier molecular flexibility index (Phi) is 3.04. The van der Waals surface area contributed by atoms with E-state index in [9.17, 15) is 13.5 Å². The Balaban J connectivity index is 3.47. The zero-order valence-corrected chi connectivity index (χ0v) is 10.6. The van der Waals surface area contributed by atoms with Crippen LogP contribution in [0, 0.1) is 0 Å². The van der Waals surface area contributed by atoms with Crippen LogP contribution in [0.3, 0.4) is 0 Å². The number of hydrogen-bond acceptors (Lipinski definition) is 3. The smallest absolute Gasteiger partial charge is 0.175 e. The highest BCUT2D eigenvalue weighted by molar-refractivity contribution is 9.11. The molecule has 0 fully saturated rings. The maximum Gasteiger partial charge on any atom is 0.175 e. The van der Waals surface area contributed by atoms with Crippen molar-refractivity contribution in [3.63, 3.8) is 0 Å². The molecule has 0 amide bonds. The Morgan fingerprint density at radius 3 is 1.92 bits per heavy atom. The third-order valence-electron chi connectivity index (χ3n) is 1.42. The van der Waals surface area contributed by atoms with Crippen LogP contribution in [-0.2, 0) is 9.84 Å². The first-order chi connectivity index (χ1) is 5.82. The molecule has 1 aromatic rings. The standard InChI is InChI=1S/C7H6Br2O3S/c1-13(11,12)4-2-5(8)7(10)6(9)3-4/h2-3,10H,1H3. The summed E-state index contributed by atoms with van der Waals surface area (Å²) in [4.78, 5) is 0.157. The molecule has 1 rings (SSSR count). The van der Waals surface area contributed by atoms with Crippen LogP contribution < -0.4 is 0 Å². The van der Waals surface area contributed by atoms with Crippen LogP contribution >= 0.6 is 31.9 Å². The van der Waals surface area contributed by atoms with E-state index in [-0.39, 0.29) is 10.6 Å². The average Bonchev–Trinajstić information content (AvgIpc) is 1.97. The van der Waals surface area contributed by atoms with Crippen molar-refractivity contribution in [2.75, 3.05) is 6.26 Å². The molecular weight excluding hydrogens is 324 g/mol. The molecule has 0 aliphatic rings. The van der Waals surface area contributed by atoms with Crippen molar-refractivity contribution in [3.05, 3.63) is 21.1 Å². The Bertz CT molecular complexity index is 416. The number of phenolic OH excluding ortho intramolecular Hbond substituents is 1. The topological polar surface area (TPSA) is 54.4 Å². The summed E-state index contributed by atoms with van der Waals surface area (Å²) >= 11 is 6.09. The third-order valence-corrected chi connectivity index (χ3v) is 3.72. The van der Waals surface area contributed by atoms with Crippen LogP contribution in [0.15, 0.2) is 26.0 Å². The molecule has 1 aromatic carbocycles. The molecule has 0 radical (unpaired) electrons. The second-order valence-corrected chi connectivity index (χ2v) is 6.23. The number of benzene rings is 1. The highest BCUT2D eigenvalue weighted by Gasteiger charge is 2.12. The van der Waals surface area contributed by atoms with Crippen molar-refractivity contribution in [2.24, 2.45) is 0 Å². The van der Waals surface area contributed by atoms with Crippen LogP contribution in [0.5, 0.6) is 5.75 Å². The van der Waals surface area contributed by atoms with Gasteiger partial charge in [0.25, 0.3) is 0 Å². The van der Waals surface area contributed by atoms with E-state index in [0.717, 1.165) is 6.26 Å². The molecule has 0 heterocycles. The minimum atomic E-state index is -3.24. The normalized spacial score (nSPS) is 11.6. The quantitative estimate of drug-likeness (QED) is 0.860. The van der Waals surface area contributed by atoms with Gasteiger partial charge in [-0.25, -0.2) is 8.42 Å². The third kappa shape index (κ3) is 2.45. The number of sulfone groups is 1. The van der Waals surface area contributed by atoms with Gasteiger partial charge in [0.1, 0.15) is 5.75 Å². The fourth-order valence-corrected chi connectivity index (χ4v) is 2.91. The lowest BCUT2D eigenvalue weighted by atomic mass is 10.3. The monoisotopic (exact) mass is 328 g/mol. The largest absolute Gasteiger partial charge is 0.506 e. The Hall–Kier alpha value is -0.0700. The summed E-state index contributed by atoms with van der Waals surface area (Å²) in [7, 11) is -3.24. The summed E-state index contributed by atoms with van der Waals surface area (Å²) in [5, 5.41) is 9.31. The van der Waals surface area contributed by atoms with Crippen LogP contribution in [0.4, 0.5) is 0 Å². The fraction of sp³-hybridized carbons (Fsp3) is 0.143. The van der Waals surface area contributed by atoms with Gasteiger partial charge in [0, 0.05) is 6.26 Å². The molecule has 0 aliphatic heterocycles.